The molecule has 1 aliphatic carbocycles. The van der Waals surface area contributed by atoms with Crippen LogP contribution in [-0.4, -0.2) is 27.5 Å². The number of rotatable bonds is 4. The first-order valence-electron chi connectivity index (χ1n) is 11.0. The van der Waals surface area contributed by atoms with Crippen LogP contribution in [0.15, 0.2) is 52.6 Å². The lowest BCUT2D eigenvalue weighted by Gasteiger charge is -2.39. The average Bonchev–Trinajstić information content (AvgIpc) is 3.40. The second-order valence-corrected chi connectivity index (χ2v) is 10.1. The fraction of sp³-hybridized carbons (Fsp3) is 0.500. The molecule has 0 radical (unpaired) electrons. The summed E-state index contributed by atoms with van der Waals surface area (Å²) in [6, 6.07) is 8.67. The lowest BCUT2D eigenvalue weighted by molar-refractivity contribution is 0.225. The fourth-order valence-electron chi connectivity index (χ4n) is 5.16. The molecule has 2 aromatic heterocycles. The molecular formula is C24H30N4S. The summed E-state index contributed by atoms with van der Waals surface area (Å²) >= 11 is 1.78. The zero-order valence-corrected chi connectivity index (χ0v) is 18.3. The minimum atomic E-state index is 0.498. The summed E-state index contributed by atoms with van der Waals surface area (Å²) in [5.41, 5.74) is 3.02. The smallest absolute Gasteiger partial charge is 0.211 e. The van der Waals surface area contributed by atoms with Crippen LogP contribution in [0, 0.1) is 5.41 Å². The van der Waals surface area contributed by atoms with Crippen molar-refractivity contribution in [2.45, 2.75) is 68.1 Å². The van der Waals surface area contributed by atoms with Crippen molar-refractivity contribution >= 4 is 23.4 Å². The van der Waals surface area contributed by atoms with Gasteiger partial charge < -0.3 is 4.90 Å². The van der Waals surface area contributed by atoms with Gasteiger partial charge in [0.15, 0.2) is 5.65 Å². The highest BCUT2D eigenvalue weighted by atomic mass is 32.2. The van der Waals surface area contributed by atoms with Crippen LogP contribution in [0.25, 0.3) is 5.65 Å². The molecule has 1 aliphatic heterocycles. The summed E-state index contributed by atoms with van der Waals surface area (Å²) in [6.07, 6.45) is 14.3. The Morgan fingerprint density at radius 1 is 0.966 bits per heavy atom. The van der Waals surface area contributed by atoms with Gasteiger partial charge in [-0.2, -0.15) is 0 Å². The van der Waals surface area contributed by atoms with Gasteiger partial charge in [0.2, 0.25) is 5.95 Å². The van der Waals surface area contributed by atoms with Gasteiger partial charge in [0, 0.05) is 36.6 Å². The van der Waals surface area contributed by atoms with Crippen molar-refractivity contribution in [3.8, 4) is 0 Å². The predicted molar refractivity (Wildman–Crippen MR) is 120 cm³/mol. The average molecular weight is 407 g/mol. The molecule has 1 saturated heterocycles. The maximum atomic E-state index is 4.92. The molecule has 1 saturated carbocycles. The Kier molecular flexibility index (Phi) is 5.02. The predicted octanol–water partition coefficient (Wildman–Crippen LogP) is 6.16. The number of hydrogen-bond donors (Lipinski definition) is 0. The third-order valence-corrected chi connectivity index (χ3v) is 8.01. The van der Waals surface area contributed by atoms with Crippen molar-refractivity contribution in [1.82, 2.24) is 14.4 Å². The van der Waals surface area contributed by atoms with Gasteiger partial charge in [-0.15, -0.1) is 0 Å². The summed E-state index contributed by atoms with van der Waals surface area (Å²) in [7, 11) is 0. The van der Waals surface area contributed by atoms with Crippen molar-refractivity contribution in [3.63, 3.8) is 0 Å². The molecule has 29 heavy (non-hydrogen) atoms. The first-order valence-corrected chi connectivity index (χ1v) is 11.8. The zero-order chi connectivity index (χ0) is 19.8. The highest BCUT2D eigenvalue weighted by molar-refractivity contribution is 7.99. The monoisotopic (exact) mass is 406 g/mol. The first kappa shape index (κ1) is 19.0. The number of hydrogen-bond acceptors (Lipinski definition) is 4. The minimum Gasteiger partial charge on any atom is -0.342 e. The SMILES string of the molecule is CC(C)c1ccccc1Sc1cnc(N2CCC3(CCCC3)CC2)n2ccnc12. The molecule has 4 nitrogen and oxygen atoms in total. The van der Waals surface area contributed by atoms with Gasteiger partial charge >= 0.3 is 0 Å². The highest BCUT2D eigenvalue weighted by Crippen LogP contribution is 2.46. The Labute approximate surface area is 177 Å². The summed E-state index contributed by atoms with van der Waals surface area (Å²) in [4.78, 5) is 14.5. The van der Waals surface area contributed by atoms with Crippen LogP contribution in [0.1, 0.15) is 63.9 Å². The van der Waals surface area contributed by atoms with Gasteiger partial charge in [0.25, 0.3) is 0 Å². The zero-order valence-electron chi connectivity index (χ0n) is 17.5. The van der Waals surface area contributed by atoms with Crippen LogP contribution in [0.2, 0.25) is 0 Å². The van der Waals surface area contributed by atoms with E-state index in [1.807, 2.05) is 12.4 Å². The number of imidazole rings is 1. The lowest BCUT2D eigenvalue weighted by Crippen LogP contribution is -2.40. The Hall–Kier alpha value is -2.01. The molecule has 1 aromatic carbocycles. The maximum Gasteiger partial charge on any atom is 0.211 e. The Bertz CT molecular complexity index is 993. The first-order chi connectivity index (χ1) is 14.2. The Morgan fingerprint density at radius 2 is 1.72 bits per heavy atom. The van der Waals surface area contributed by atoms with E-state index in [9.17, 15) is 0 Å². The van der Waals surface area contributed by atoms with Gasteiger partial charge in [-0.25, -0.2) is 9.97 Å². The van der Waals surface area contributed by atoms with E-state index in [1.54, 1.807) is 11.8 Å². The molecule has 3 aromatic rings. The number of aromatic nitrogens is 3. The maximum absolute atomic E-state index is 4.92. The molecule has 2 fully saturated rings. The Balaban J connectivity index is 1.42. The molecule has 0 N–H and O–H groups in total. The number of benzene rings is 1. The topological polar surface area (TPSA) is 33.4 Å². The second-order valence-electron chi connectivity index (χ2n) is 9.03. The summed E-state index contributed by atoms with van der Waals surface area (Å²) in [5.74, 6) is 1.55. The minimum absolute atomic E-state index is 0.498. The van der Waals surface area contributed by atoms with E-state index in [-0.39, 0.29) is 0 Å². The van der Waals surface area contributed by atoms with Gasteiger partial charge in [0.1, 0.15) is 0 Å². The number of fused-ring (bicyclic) bond motifs is 1. The third kappa shape index (κ3) is 3.54. The van der Waals surface area contributed by atoms with Gasteiger partial charge in [-0.1, -0.05) is 56.7 Å². The lowest BCUT2D eigenvalue weighted by atomic mass is 9.77. The largest absolute Gasteiger partial charge is 0.342 e. The fourth-order valence-corrected chi connectivity index (χ4v) is 6.32. The molecule has 1 spiro atoms. The number of piperidine rings is 1. The molecule has 5 rings (SSSR count). The van der Waals surface area contributed by atoms with E-state index in [4.69, 9.17) is 9.97 Å². The van der Waals surface area contributed by atoms with Gasteiger partial charge in [0.05, 0.1) is 4.90 Å². The normalized spacial score (nSPS) is 18.9. The van der Waals surface area contributed by atoms with E-state index >= 15 is 0 Å². The van der Waals surface area contributed by atoms with Crippen LogP contribution >= 0.6 is 11.8 Å². The van der Waals surface area contributed by atoms with Crippen LogP contribution in [-0.2, 0) is 0 Å². The van der Waals surface area contributed by atoms with Gasteiger partial charge in [-0.05, 0) is 48.6 Å². The molecule has 5 heteroatoms. The van der Waals surface area contributed by atoms with Gasteiger partial charge in [-0.3, -0.25) is 4.40 Å². The quantitative estimate of drug-likeness (QED) is 0.519. The standard InChI is InChI=1S/C24H30N4S/c1-18(2)19-7-3-4-8-20(19)29-21-17-26-23(28-16-13-25-22(21)28)27-14-11-24(12-15-27)9-5-6-10-24/h3-4,7-8,13,16-18H,5-6,9-12,14-15H2,1-2H3. The molecule has 3 heterocycles. The molecule has 0 bridgehead atoms. The summed E-state index contributed by atoms with van der Waals surface area (Å²) in [6.45, 7) is 6.73. The molecule has 0 atom stereocenters. The number of anilines is 1. The van der Waals surface area contributed by atoms with Crippen LogP contribution in [0.5, 0.6) is 0 Å². The number of nitrogens with zero attached hydrogens (tertiary/aromatic N) is 4. The molecular weight excluding hydrogens is 376 g/mol. The van der Waals surface area contributed by atoms with Crippen LogP contribution in [0.4, 0.5) is 5.95 Å². The van der Waals surface area contributed by atoms with Crippen molar-refractivity contribution in [2.75, 3.05) is 18.0 Å². The van der Waals surface area contributed by atoms with Crippen molar-refractivity contribution in [1.29, 1.82) is 0 Å². The molecule has 0 amide bonds. The Morgan fingerprint density at radius 3 is 2.48 bits per heavy atom. The van der Waals surface area contributed by atoms with Crippen LogP contribution < -0.4 is 4.90 Å². The van der Waals surface area contributed by atoms with Crippen molar-refractivity contribution < 1.29 is 0 Å². The third-order valence-electron chi connectivity index (χ3n) is 6.91. The van der Waals surface area contributed by atoms with E-state index in [0.717, 1.165) is 29.6 Å². The summed E-state index contributed by atoms with van der Waals surface area (Å²) in [5, 5.41) is 0. The van der Waals surface area contributed by atoms with Crippen molar-refractivity contribution in [2.24, 2.45) is 5.41 Å². The van der Waals surface area contributed by atoms with E-state index in [1.165, 1.54) is 49.0 Å². The van der Waals surface area contributed by atoms with E-state index < -0.39 is 0 Å². The van der Waals surface area contributed by atoms with Crippen LogP contribution in [0.3, 0.4) is 0 Å². The van der Waals surface area contributed by atoms with E-state index in [2.05, 4.69) is 53.6 Å². The van der Waals surface area contributed by atoms with Crippen molar-refractivity contribution in [3.05, 3.63) is 48.4 Å². The highest BCUT2D eigenvalue weighted by Gasteiger charge is 2.37. The molecule has 2 aliphatic rings. The molecule has 152 valence electrons. The summed E-state index contributed by atoms with van der Waals surface area (Å²) < 4.78 is 2.19. The second kappa shape index (κ2) is 7.67. The molecule has 0 unspecified atom stereocenters. The van der Waals surface area contributed by atoms with E-state index in [0.29, 0.717) is 11.3 Å².